The molecule has 184 valence electrons. The Morgan fingerprint density at radius 3 is 1.33 bits per heavy atom. The van der Waals surface area contributed by atoms with Crippen LogP contribution in [0.1, 0.15) is 103 Å². The highest BCUT2D eigenvalue weighted by Gasteiger charge is 2.26. The quantitative estimate of drug-likeness (QED) is 0.406. The fourth-order valence-electron chi connectivity index (χ4n) is 4.31. The highest BCUT2D eigenvalue weighted by molar-refractivity contribution is 7.97. The van der Waals surface area contributed by atoms with Crippen LogP contribution in [0.25, 0.3) is 0 Å². The van der Waals surface area contributed by atoms with Gasteiger partial charge in [0.15, 0.2) is 0 Å². The Balaban J connectivity index is 2.30. The van der Waals surface area contributed by atoms with Gasteiger partial charge in [-0.2, -0.15) is 11.8 Å². The van der Waals surface area contributed by atoms with E-state index in [0.29, 0.717) is 23.3 Å². The molecule has 2 aromatic rings. The number of hydrogen-bond acceptors (Lipinski definition) is 3. The lowest BCUT2D eigenvalue weighted by Crippen LogP contribution is -2.17. The van der Waals surface area contributed by atoms with E-state index in [9.17, 15) is 10.2 Å². The minimum absolute atomic E-state index is 0.112. The van der Waals surface area contributed by atoms with Crippen molar-refractivity contribution in [2.24, 2.45) is 11.8 Å². The van der Waals surface area contributed by atoms with Crippen molar-refractivity contribution in [1.29, 1.82) is 0 Å². The van der Waals surface area contributed by atoms with E-state index in [0.717, 1.165) is 46.6 Å². The number of rotatable bonds is 8. The number of hydrogen-bond donors (Lipinski definition) is 2. The first-order valence-corrected chi connectivity index (χ1v) is 13.5. The Morgan fingerprint density at radius 1 is 0.636 bits per heavy atom. The normalized spacial score (nSPS) is 12.7. The van der Waals surface area contributed by atoms with Gasteiger partial charge in [-0.15, -0.1) is 0 Å². The Hall–Kier alpha value is -1.61. The monoisotopic (exact) mass is 470 g/mol. The summed E-state index contributed by atoms with van der Waals surface area (Å²) < 4.78 is 0. The molecule has 2 N–H and O–H groups in total. The summed E-state index contributed by atoms with van der Waals surface area (Å²) in [4.78, 5) is 0. The van der Waals surface area contributed by atoms with Gasteiger partial charge in [0, 0.05) is 11.5 Å². The van der Waals surface area contributed by atoms with Crippen LogP contribution < -0.4 is 0 Å². The molecule has 0 aromatic heterocycles. The first-order chi connectivity index (χ1) is 15.1. The van der Waals surface area contributed by atoms with E-state index in [1.165, 1.54) is 11.1 Å². The highest BCUT2D eigenvalue weighted by Crippen LogP contribution is 2.40. The number of phenols is 2. The van der Waals surface area contributed by atoms with Gasteiger partial charge >= 0.3 is 0 Å². The smallest absolute Gasteiger partial charge is 0.123 e. The second-order valence-electron chi connectivity index (χ2n) is 12.5. The third-order valence-electron chi connectivity index (χ3n) is 5.91. The molecular formula is C30H46O2S. The van der Waals surface area contributed by atoms with Gasteiger partial charge in [0.1, 0.15) is 11.5 Å². The van der Waals surface area contributed by atoms with Gasteiger partial charge in [-0.1, -0.05) is 93.5 Å². The van der Waals surface area contributed by atoms with Crippen LogP contribution in [0.2, 0.25) is 0 Å². The zero-order valence-corrected chi connectivity index (χ0v) is 23.4. The van der Waals surface area contributed by atoms with Crippen molar-refractivity contribution in [3.8, 4) is 11.5 Å². The maximum Gasteiger partial charge on any atom is 0.123 e. The van der Waals surface area contributed by atoms with Crippen LogP contribution in [0.4, 0.5) is 0 Å². The summed E-state index contributed by atoms with van der Waals surface area (Å²) in [6.07, 6.45) is 1.80. The Labute approximate surface area is 207 Å². The van der Waals surface area contributed by atoms with E-state index >= 15 is 0 Å². The maximum atomic E-state index is 11.0. The predicted octanol–water partition coefficient (Wildman–Crippen LogP) is 8.52. The van der Waals surface area contributed by atoms with Crippen molar-refractivity contribution in [2.45, 2.75) is 104 Å². The molecule has 0 aliphatic heterocycles. The van der Waals surface area contributed by atoms with Crippen LogP contribution in [-0.4, -0.2) is 10.2 Å². The van der Waals surface area contributed by atoms with Crippen LogP contribution in [0, 0.1) is 11.8 Å². The van der Waals surface area contributed by atoms with E-state index in [1.54, 1.807) is 0 Å². The zero-order valence-electron chi connectivity index (χ0n) is 22.6. The van der Waals surface area contributed by atoms with E-state index in [-0.39, 0.29) is 10.8 Å². The van der Waals surface area contributed by atoms with E-state index < -0.39 is 0 Å². The molecule has 0 aliphatic carbocycles. The summed E-state index contributed by atoms with van der Waals surface area (Å²) in [6, 6.07) is 8.76. The average molecular weight is 471 g/mol. The second kappa shape index (κ2) is 10.8. The van der Waals surface area contributed by atoms with Crippen molar-refractivity contribution in [3.05, 3.63) is 57.6 Å². The molecule has 0 saturated carbocycles. The fourth-order valence-corrected chi connectivity index (χ4v) is 5.22. The maximum absolute atomic E-state index is 11.0. The summed E-state index contributed by atoms with van der Waals surface area (Å²) in [6.45, 7) is 21.8. The highest BCUT2D eigenvalue weighted by atomic mass is 32.2. The molecule has 33 heavy (non-hydrogen) atoms. The number of benzene rings is 2. The van der Waals surface area contributed by atoms with Crippen molar-refractivity contribution in [2.75, 3.05) is 0 Å². The largest absolute Gasteiger partial charge is 0.507 e. The van der Waals surface area contributed by atoms with Gasteiger partial charge in [-0.25, -0.2) is 0 Å². The summed E-state index contributed by atoms with van der Waals surface area (Å²) in [5.41, 5.74) is 6.52. The molecular weight excluding hydrogens is 424 g/mol. The molecule has 0 heterocycles. The molecule has 3 heteroatoms. The van der Waals surface area contributed by atoms with Crippen LogP contribution >= 0.6 is 11.8 Å². The molecule has 2 nitrogen and oxygen atoms in total. The molecule has 0 amide bonds. The molecule has 0 fully saturated rings. The summed E-state index contributed by atoms with van der Waals surface area (Å²) in [7, 11) is 0. The van der Waals surface area contributed by atoms with Gasteiger partial charge < -0.3 is 10.2 Å². The van der Waals surface area contributed by atoms with Gasteiger partial charge in [-0.05, 0) is 68.9 Å². The summed E-state index contributed by atoms with van der Waals surface area (Å²) in [5.74, 6) is 3.76. The zero-order chi connectivity index (χ0) is 25.1. The molecule has 0 spiro atoms. The van der Waals surface area contributed by atoms with E-state index in [2.05, 4.69) is 93.5 Å². The van der Waals surface area contributed by atoms with Crippen LogP contribution in [0.5, 0.6) is 11.5 Å². The number of aromatic hydroxyl groups is 2. The molecule has 0 aliphatic rings. The molecule has 0 saturated heterocycles. The van der Waals surface area contributed by atoms with Gasteiger partial charge in [0.05, 0.1) is 0 Å². The van der Waals surface area contributed by atoms with Crippen molar-refractivity contribution in [3.63, 3.8) is 0 Å². The molecule has 2 aromatic carbocycles. The Kier molecular flexibility index (Phi) is 9.01. The van der Waals surface area contributed by atoms with Crippen LogP contribution in [0.15, 0.2) is 24.3 Å². The first kappa shape index (κ1) is 27.6. The van der Waals surface area contributed by atoms with Crippen LogP contribution in [0.3, 0.4) is 0 Å². The molecule has 0 atom stereocenters. The Bertz CT molecular complexity index is 877. The van der Waals surface area contributed by atoms with Crippen molar-refractivity contribution in [1.82, 2.24) is 0 Å². The van der Waals surface area contributed by atoms with Gasteiger partial charge in [0.2, 0.25) is 0 Å². The van der Waals surface area contributed by atoms with Gasteiger partial charge in [-0.3, -0.25) is 0 Å². The lowest BCUT2D eigenvalue weighted by Gasteiger charge is -2.28. The third kappa shape index (κ3) is 7.70. The van der Waals surface area contributed by atoms with Crippen molar-refractivity contribution >= 4 is 11.8 Å². The minimum atomic E-state index is -0.112. The van der Waals surface area contributed by atoms with Crippen LogP contribution in [-0.2, 0) is 35.2 Å². The standard InChI is InChI=1S/C30H46O2S/c1-19(2)11-23-13-21(14-24(27(23)31)12-20(3)4)17-33-18-22-15-25(29(5,6)7)28(32)26(16-22)30(8,9)10/h13-16,19-20,31-32H,11-12,17-18H2,1-10H3. The summed E-state index contributed by atoms with van der Waals surface area (Å²) >= 11 is 1.90. The second-order valence-corrected chi connectivity index (χ2v) is 13.5. The predicted molar refractivity (Wildman–Crippen MR) is 146 cm³/mol. The third-order valence-corrected chi connectivity index (χ3v) is 6.98. The molecule has 2 rings (SSSR count). The fraction of sp³-hybridized carbons (Fsp3) is 0.600. The first-order valence-electron chi connectivity index (χ1n) is 12.4. The van der Waals surface area contributed by atoms with Gasteiger partial charge in [0.25, 0.3) is 0 Å². The number of thioether (sulfide) groups is 1. The topological polar surface area (TPSA) is 40.5 Å². The Morgan fingerprint density at radius 2 is 1.00 bits per heavy atom. The van der Waals surface area contributed by atoms with E-state index in [4.69, 9.17) is 0 Å². The molecule has 0 unspecified atom stereocenters. The average Bonchev–Trinajstić information content (AvgIpc) is 2.63. The summed E-state index contributed by atoms with van der Waals surface area (Å²) in [5, 5.41) is 21.8. The lowest BCUT2D eigenvalue weighted by molar-refractivity contribution is 0.423. The minimum Gasteiger partial charge on any atom is -0.507 e. The van der Waals surface area contributed by atoms with Crippen molar-refractivity contribution < 1.29 is 10.2 Å². The molecule has 0 bridgehead atoms. The molecule has 0 radical (unpaired) electrons. The lowest BCUT2D eigenvalue weighted by atomic mass is 9.78. The number of phenolic OH excluding ortho intramolecular Hbond substituents is 2. The van der Waals surface area contributed by atoms with E-state index in [1.807, 2.05) is 11.8 Å². The SMILES string of the molecule is CC(C)Cc1cc(CSCc2cc(C(C)(C)C)c(O)c(C(C)(C)C)c2)cc(CC(C)C)c1O.